The van der Waals surface area contributed by atoms with Crippen LogP contribution in [0.25, 0.3) is 0 Å². The molecule has 6 heteroatoms. The smallest absolute Gasteiger partial charge is 0.410 e. The van der Waals surface area contributed by atoms with Crippen molar-refractivity contribution in [1.82, 2.24) is 9.88 Å². The highest BCUT2D eigenvalue weighted by atomic mass is 16.6. The molecule has 1 unspecified atom stereocenters. The molecule has 3 rings (SSSR count). The van der Waals surface area contributed by atoms with Gasteiger partial charge >= 0.3 is 6.09 Å². The van der Waals surface area contributed by atoms with Gasteiger partial charge in [0.15, 0.2) is 5.69 Å². The van der Waals surface area contributed by atoms with E-state index in [2.05, 4.69) is 4.98 Å². The van der Waals surface area contributed by atoms with Gasteiger partial charge in [-0.3, -0.25) is 9.69 Å². The Morgan fingerprint density at radius 3 is 2.53 bits per heavy atom. The van der Waals surface area contributed by atoms with Crippen molar-refractivity contribution in [3.05, 3.63) is 59.4 Å². The Balaban J connectivity index is 1.83. The van der Waals surface area contributed by atoms with Crippen LogP contribution < -0.4 is 4.74 Å². The Morgan fingerprint density at radius 2 is 1.83 bits per heavy atom. The molecule has 0 aliphatic carbocycles. The van der Waals surface area contributed by atoms with Gasteiger partial charge in [0.1, 0.15) is 24.0 Å². The SMILES string of the molecule is Cc1ccc(OCc2ccccc2)c(C(=O)C2CCCCN2C(=O)OC(C)(C)C)n1. The highest BCUT2D eigenvalue weighted by Gasteiger charge is 2.36. The predicted molar refractivity (Wildman–Crippen MR) is 115 cm³/mol. The van der Waals surface area contributed by atoms with Crippen molar-refractivity contribution in [1.29, 1.82) is 0 Å². The van der Waals surface area contributed by atoms with Gasteiger partial charge in [0.2, 0.25) is 5.78 Å². The number of hydrogen-bond donors (Lipinski definition) is 0. The summed E-state index contributed by atoms with van der Waals surface area (Å²) in [6, 6.07) is 12.8. The van der Waals surface area contributed by atoms with Gasteiger partial charge in [-0.2, -0.15) is 0 Å². The van der Waals surface area contributed by atoms with Crippen molar-refractivity contribution in [2.45, 2.75) is 65.2 Å². The molecule has 160 valence electrons. The van der Waals surface area contributed by atoms with Crippen molar-refractivity contribution in [2.24, 2.45) is 0 Å². The van der Waals surface area contributed by atoms with E-state index in [-0.39, 0.29) is 11.5 Å². The molecular weight excluding hydrogens is 380 g/mol. The first-order valence-electron chi connectivity index (χ1n) is 10.4. The van der Waals surface area contributed by atoms with E-state index in [1.54, 1.807) is 11.0 Å². The van der Waals surface area contributed by atoms with Gasteiger partial charge in [0.05, 0.1) is 0 Å². The fraction of sp³-hybridized carbons (Fsp3) is 0.458. The lowest BCUT2D eigenvalue weighted by molar-refractivity contribution is 0.0103. The molecule has 1 fully saturated rings. The average molecular weight is 411 g/mol. The summed E-state index contributed by atoms with van der Waals surface area (Å²) in [5.41, 5.74) is 1.38. The predicted octanol–water partition coefficient (Wildman–Crippen LogP) is 4.94. The molecule has 0 spiro atoms. The maximum absolute atomic E-state index is 13.5. The normalized spacial score (nSPS) is 16.8. The molecule has 0 saturated carbocycles. The van der Waals surface area contributed by atoms with Gasteiger partial charge in [-0.25, -0.2) is 9.78 Å². The van der Waals surface area contributed by atoms with Crippen LogP contribution in [0.15, 0.2) is 42.5 Å². The molecule has 0 N–H and O–H groups in total. The number of ketones is 1. The van der Waals surface area contributed by atoms with E-state index in [1.807, 2.05) is 64.1 Å². The molecule has 1 aromatic carbocycles. The van der Waals surface area contributed by atoms with E-state index < -0.39 is 17.7 Å². The summed E-state index contributed by atoms with van der Waals surface area (Å²) in [6.07, 6.45) is 1.86. The Hall–Kier alpha value is -2.89. The molecule has 1 aliphatic rings. The third-order valence-corrected chi connectivity index (χ3v) is 4.90. The van der Waals surface area contributed by atoms with Crippen LogP contribution in [0, 0.1) is 6.92 Å². The topological polar surface area (TPSA) is 68.7 Å². The molecule has 30 heavy (non-hydrogen) atoms. The Bertz CT molecular complexity index is 890. The van der Waals surface area contributed by atoms with Crippen molar-refractivity contribution in [3.8, 4) is 5.75 Å². The summed E-state index contributed by atoms with van der Waals surface area (Å²) in [5.74, 6) is 0.233. The standard InChI is InChI=1S/C24H30N2O4/c1-17-13-14-20(29-16-18-10-6-5-7-11-18)21(25-17)22(27)19-12-8-9-15-26(19)23(28)30-24(2,3)4/h5-7,10-11,13-14,19H,8-9,12,15-16H2,1-4H3. The molecule has 1 saturated heterocycles. The van der Waals surface area contributed by atoms with Crippen LogP contribution in [0.2, 0.25) is 0 Å². The number of nitrogens with zero attached hydrogens (tertiary/aromatic N) is 2. The summed E-state index contributed by atoms with van der Waals surface area (Å²) in [5, 5.41) is 0. The van der Waals surface area contributed by atoms with Gasteiger partial charge in [0, 0.05) is 12.2 Å². The number of likely N-dealkylation sites (tertiary alicyclic amines) is 1. The van der Waals surface area contributed by atoms with Crippen LogP contribution in [-0.4, -0.2) is 39.9 Å². The number of piperidine rings is 1. The van der Waals surface area contributed by atoms with Gasteiger partial charge in [-0.1, -0.05) is 30.3 Å². The molecule has 1 aliphatic heterocycles. The second-order valence-corrected chi connectivity index (χ2v) is 8.62. The van der Waals surface area contributed by atoms with Gasteiger partial charge < -0.3 is 9.47 Å². The van der Waals surface area contributed by atoms with E-state index in [0.29, 0.717) is 25.3 Å². The maximum Gasteiger partial charge on any atom is 0.410 e. The van der Waals surface area contributed by atoms with E-state index in [0.717, 1.165) is 24.1 Å². The Kier molecular flexibility index (Phi) is 6.75. The highest BCUT2D eigenvalue weighted by molar-refractivity contribution is 6.02. The van der Waals surface area contributed by atoms with Gasteiger partial charge in [0.25, 0.3) is 0 Å². The number of aromatic nitrogens is 1. The van der Waals surface area contributed by atoms with Gasteiger partial charge in [-0.05, 0) is 64.7 Å². The minimum Gasteiger partial charge on any atom is -0.487 e. The monoisotopic (exact) mass is 410 g/mol. The summed E-state index contributed by atoms with van der Waals surface area (Å²) in [4.78, 5) is 32.2. The molecular formula is C24H30N2O4. The minimum atomic E-state index is -0.617. The number of pyridine rings is 1. The summed E-state index contributed by atoms with van der Waals surface area (Å²) >= 11 is 0. The third-order valence-electron chi connectivity index (χ3n) is 4.90. The zero-order valence-corrected chi connectivity index (χ0v) is 18.2. The van der Waals surface area contributed by atoms with Crippen LogP contribution in [0.3, 0.4) is 0 Å². The van der Waals surface area contributed by atoms with Crippen molar-refractivity contribution in [2.75, 3.05) is 6.54 Å². The van der Waals surface area contributed by atoms with E-state index in [9.17, 15) is 9.59 Å². The zero-order chi connectivity index (χ0) is 21.7. The lowest BCUT2D eigenvalue weighted by Crippen LogP contribution is -2.50. The molecule has 6 nitrogen and oxygen atoms in total. The first kappa shape index (κ1) is 21.8. The average Bonchev–Trinajstić information content (AvgIpc) is 2.72. The molecule has 2 heterocycles. The first-order valence-corrected chi connectivity index (χ1v) is 10.4. The van der Waals surface area contributed by atoms with Crippen LogP contribution in [0.5, 0.6) is 5.75 Å². The number of carbonyl (C=O) groups excluding carboxylic acids is 2. The van der Waals surface area contributed by atoms with E-state index in [4.69, 9.17) is 9.47 Å². The molecule has 1 atom stereocenters. The largest absolute Gasteiger partial charge is 0.487 e. The number of Topliss-reactive ketones (excluding diaryl/α,β-unsaturated/α-hetero) is 1. The van der Waals surface area contributed by atoms with Crippen molar-refractivity contribution >= 4 is 11.9 Å². The number of hydrogen-bond acceptors (Lipinski definition) is 5. The fourth-order valence-corrected chi connectivity index (χ4v) is 3.47. The van der Waals surface area contributed by atoms with Crippen LogP contribution in [0.1, 0.15) is 61.8 Å². The number of aryl methyl sites for hydroxylation is 1. The minimum absolute atomic E-state index is 0.202. The fourth-order valence-electron chi connectivity index (χ4n) is 3.47. The molecule has 1 amide bonds. The van der Waals surface area contributed by atoms with Gasteiger partial charge in [-0.15, -0.1) is 0 Å². The molecule has 0 bridgehead atoms. The summed E-state index contributed by atoms with van der Waals surface area (Å²) in [6.45, 7) is 8.14. The van der Waals surface area contributed by atoms with Crippen LogP contribution in [0.4, 0.5) is 4.79 Å². The molecule has 0 radical (unpaired) electrons. The van der Waals surface area contributed by atoms with Crippen molar-refractivity contribution in [3.63, 3.8) is 0 Å². The van der Waals surface area contributed by atoms with E-state index in [1.165, 1.54) is 0 Å². The lowest BCUT2D eigenvalue weighted by atomic mass is 9.96. The second kappa shape index (κ2) is 9.28. The van der Waals surface area contributed by atoms with Crippen LogP contribution >= 0.6 is 0 Å². The highest BCUT2D eigenvalue weighted by Crippen LogP contribution is 2.27. The number of rotatable bonds is 5. The summed E-state index contributed by atoms with van der Waals surface area (Å²) in [7, 11) is 0. The molecule has 2 aromatic rings. The molecule has 1 aromatic heterocycles. The number of carbonyl (C=O) groups is 2. The zero-order valence-electron chi connectivity index (χ0n) is 18.2. The maximum atomic E-state index is 13.5. The Morgan fingerprint density at radius 1 is 1.10 bits per heavy atom. The number of amides is 1. The van der Waals surface area contributed by atoms with Crippen molar-refractivity contribution < 1.29 is 19.1 Å². The second-order valence-electron chi connectivity index (χ2n) is 8.62. The lowest BCUT2D eigenvalue weighted by Gasteiger charge is -2.35. The third kappa shape index (κ3) is 5.59. The van der Waals surface area contributed by atoms with Crippen LogP contribution in [-0.2, 0) is 11.3 Å². The summed E-state index contributed by atoms with van der Waals surface area (Å²) < 4.78 is 11.5. The van der Waals surface area contributed by atoms with E-state index >= 15 is 0 Å². The number of benzene rings is 1. The Labute approximate surface area is 178 Å². The quantitative estimate of drug-likeness (QED) is 0.653. The number of ether oxygens (including phenoxy) is 2. The first-order chi connectivity index (χ1) is 14.2.